The van der Waals surface area contributed by atoms with E-state index in [1.807, 2.05) is 37.3 Å². The highest BCUT2D eigenvalue weighted by atomic mass is 16.6. The van der Waals surface area contributed by atoms with Crippen molar-refractivity contribution in [3.8, 4) is 0 Å². The molecule has 23 heavy (non-hydrogen) atoms. The number of hydrogen-bond acceptors (Lipinski definition) is 4. The maximum atomic E-state index is 12.0. The predicted octanol–water partition coefficient (Wildman–Crippen LogP) is 2.41. The van der Waals surface area contributed by atoms with E-state index in [0.717, 1.165) is 5.56 Å². The Bertz CT molecular complexity index is 574. The van der Waals surface area contributed by atoms with Gasteiger partial charge in [-0.15, -0.1) is 0 Å². The highest BCUT2D eigenvalue weighted by Crippen LogP contribution is 2.27. The molecule has 6 nitrogen and oxygen atoms in total. The third-order valence-corrected chi connectivity index (χ3v) is 3.78. The van der Waals surface area contributed by atoms with Crippen LogP contribution in [0.1, 0.15) is 39.3 Å². The minimum absolute atomic E-state index is 0.0917. The van der Waals surface area contributed by atoms with E-state index in [4.69, 9.17) is 4.74 Å². The minimum atomic E-state index is -1.13. The summed E-state index contributed by atoms with van der Waals surface area (Å²) in [5, 5.41) is 12.7. The number of hydrogen-bond donors (Lipinski definition) is 2. The number of ether oxygens (including phenoxy) is 1. The Hall–Kier alpha value is -2.08. The summed E-state index contributed by atoms with van der Waals surface area (Å²) in [5.41, 5.74) is -0.723. The first-order valence-corrected chi connectivity index (χ1v) is 7.67. The molecule has 126 valence electrons. The Kier molecular flexibility index (Phi) is 4.66. The predicted molar refractivity (Wildman–Crippen MR) is 86.2 cm³/mol. The van der Waals surface area contributed by atoms with Gasteiger partial charge in [-0.05, 0) is 33.3 Å². The normalized spacial score (nSPS) is 18.0. The molecule has 1 aliphatic rings. The molecule has 1 aliphatic heterocycles. The monoisotopic (exact) mass is 320 g/mol. The zero-order chi connectivity index (χ0) is 17.3. The van der Waals surface area contributed by atoms with Crippen LogP contribution in [0.25, 0.3) is 0 Å². The molecule has 0 bridgehead atoms. The molecule has 1 saturated heterocycles. The van der Waals surface area contributed by atoms with E-state index in [1.54, 1.807) is 20.8 Å². The Morgan fingerprint density at radius 3 is 2.30 bits per heavy atom. The van der Waals surface area contributed by atoms with Gasteiger partial charge in [-0.3, -0.25) is 10.1 Å². The van der Waals surface area contributed by atoms with Gasteiger partial charge in [-0.1, -0.05) is 30.3 Å². The van der Waals surface area contributed by atoms with E-state index in [-0.39, 0.29) is 19.1 Å². The highest BCUT2D eigenvalue weighted by Gasteiger charge is 2.53. The Morgan fingerprint density at radius 2 is 1.83 bits per heavy atom. The number of carboxylic acid groups (broad SMARTS) is 1. The van der Waals surface area contributed by atoms with E-state index in [9.17, 15) is 14.7 Å². The lowest BCUT2D eigenvalue weighted by atomic mass is 9.88. The van der Waals surface area contributed by atoms with Gasteiger partial charge in [-0.25, -0.2) is 4.79 Å². The first-order chi connectivity index (χ1) is 10.6. The quantitative estimate of drug-likeness (QED) is 0.890. The summed E-state index contributed by atoms with van der Waals surface area (Å²) >= 11 is 0. The van der Waals surface area contributed by atoms with Gasteiger partial charge >= 0.3 is 12.1 Å². The molecule has 1 fully saturated rings. The fourth-order valence-corrected chi connectivity index (χ4v) is 2.59. The van der Waals surface area contributed by atoms with Crippen LogP contribution in [-0.2, 0) is 9.53 Å². The van der Waals surface area contributed by atoms with Gasteiger partial charge in [0.15, 0.2) is 5.54 Å². The standard InChI is InChI=1S/C17H24N2O4/c1-12(13-8-6-5-7-9-13)18-17(14(20)21)10-19(11-17)15(22)23-16(2,3)4/h5-9,12,18H,10-11H2,1-4H3,(H,20,21)/t12-/m1/s1. The average Bonchev–Trinajstić information content (AvgIpc) is 2.40. The molecule has 0 aromatic heterocycles. The Morgan fingerprint density at radius 1 is 1.26 bits per heavy atom. The number of amides is 1. The van der Waals surface area contributed by atoms with Crippen molar-refractivity contribution >= 4 is 12.1 Å². The van der Waals surface area contributed by atoms with Crippen molar-refractivity contribution in [3.05, 3.63) is 35.9 Å². The minimum Gasteiger partial charge on any atom is -0.480 e. The number of rotatable bonds is 4. The molecule has 0 spiro atoms. The first kappa shape index (κ1) is 17.3. The highest BCUT2D eigenvalue weighted by molar-refractivity contribution is 5.84. The molecule has 2 N–H and O–H groups in total. The Labute approximate surface area is 136 Å². The van der Waals surface area contributed by atoms with Crippen molar-refractivity contribution < 1.29 is 19.4 Å². The number of likely N-dealkylation sites (tertiary alicyclic amines) is 1. The van der Waals surface area contributed by atoms with Crippen LogP contribution < -0.4 is 5.32 Å². The van der Waals surface area contributed by atoms with E-state index < -0.39 is 23.2 Å². The van der Waals surface area contributed by atoms with E-state index in [2.05, 4.69) is 5.32 Å². The molecule has 2 rings (SSSR count). The van der Waals surface area contributed by atoms with Gasteiger partial charge in [0.05, 0.1) is 13.1 Å². The molecule has 1 aromatic rings. The van der Waals surface area contributed by atoms with Crippen LogP contribution in [-0.4, -0.2) is 46.3 Å². The fourth-order valence-electron chi connectivity index (χ4n) is 2.59. The van der Waals surface area contributed by atoms with Crippen molar-refractivity contribution in [2.75, 3.05) is 13.1 Å². The number of benzene rings is 1. The molecule has 6 heteroatoms. The van der Waals surface area contributed by atoms with Crippen molar-refractivity contribution in [1.29, 1.82) is 0 Å². The molecule has 0 saturated carbocycles. The maximum absolute atomic E-state index is 12.0. The van der Waals surface area contributed by atoms with Crippen LogP contribution in [0.15, 0.2) is 30.3 Å². The SMILES string of the molecule is C[C@@H](NC1(C(=O)O)CN(C(=O)OC(C)(C)C)C1)c1ccccc1. The van der Waals surface area contributed by atoms with Crippen molar-refractivity contribution in [2.24, 2.45) is 0 Å². The lowest BCUT2D eigenvalue weighted by molar-refractivity contribution is -0.152. The molecule has 0 unspecified atom stereocenters. The average molecular weight is 320 g/mol. The lowest BCUT2D eigenvalue weighted by Gasteiger charge is -2.48. The second kappa shape index (κ2) is 6.20. The van der Waals surface area contributed by atoms with Crippen LogP contribution in [0.3, 0.4) is 0 Å². The van der Waals surface area contributed by atoms with E-state index in [1.165, 1.54) is 4.90 Å². The maximum Gasteiger partial charge on any atom is 0.410 e. The zero-order valence-electron chi connectivity index (χ0n) is 14.0. The summed E-state index contributed by atoms with van der Waals surface area (Å²) < 4.78 is 5.27. The third-order valence-electron chi connectivity index (χ3n) is 3.78. The number of aliphatic carboxylic acids is 1. The molecular formula is C17H24N2O4. The third kappa shape index (κ3) is 4.01. The molecule has 1 heterocycles. The van der Waals surface area contributed by atoms with Gasteiger partial charge in [0.1, 0.15) is 5.60 Å². The van der Waals surface area contributed by atoms with E-state index >= 15 is 0 Å². The molecule has 1 aromatic carbocycles. The van der Waals surface area contributed by atoms with Crippen molar-refractivity contribution in [3.63, 3.8) is 0 Å². The molecular weight excluding hydrogens is 296 g/mol. The summed E-state index contributed by atoms with van der Waals surface area (Å²) in [6.07, 6.45) is -0.483. The summed E-state index contributed by atoms with van der Waals surface area (Å²) in [6.45, 7) is 7.44. The van der Waals surface area contributed by atoms with Crippen LogP contribution in [0.4, 0.5) is 4.79 Å². The zero-order valence-corrected chi connectivity index (χ0v) is 14.0. The number of carboxylic acids is 1. The van der Waals surface area contributed by atoms with Crippen LogP contribution in [0.2, 0.25) is 0 Å². The second-order valence-corrected chi connectivity index (χ2v) is 7.00. The molecule has 1 atom stereocenters. The van der Waals surface area contributed by atoms with Gasteiger partial charge in [-0.2, -0.15) is 0 Å². The number of nitrogens with one attached hydrogen (secondary N) is 1. The summed E-state index contributed by atoms with van der Waals surface area (Å²) in [7, 11) is 0. The van der Waals surface area contributed by atoms with Crippen LogP contribution >= 0.6 is 0 Å². The topological polar surface area (TPSA) is 78.9 Å². The summed E-state index contributed by atoms with van der Waals surface area (Å²) in [6, 6.07) is 9.49. The van der Waals surface area contributed by atoms with Gasteiger partial charge in [0.25, 0.3) is 0 Å². The summed E-state index contributed by atoms with van der Waals surface area (Å²) in [5.74, 6) is -0.958. The molecule has 1 amide bonds. The Balaban J connectivity index is 2.01. The molecule has 0 radical (unpaired) electrons. The van der Waals surface area contributed by atoms with Gasteiger partial charge in [0, 0.05) is 6.04 Å². The van der Waals surface area contributed by atoms with Gasteiger partial charge < -0.3 is 14.7 Å². The smallest absolute Gasteiger partial charge is 0.410 e. The lowest BCUT2D eigenvalue weighted by Crippen LogP contribution is -2.74. The van der Waals surface area contributed by atoms with Crippen LogP contribution in [0, 0.1) is 0 Å². The number of nitrogens with zero attached hydrogens (tertiary/aromatic N) is 1. The van der Waals surface area contributed by atoms with E-state index in [0.29, 0.717) is 0 Å². The summed E-state index contributed by atoms with van der Waals surface area (Å²) in [4.78, 5) is 25.1. The van der Waals surface area contributed by atoms with Crippen molar-refractivity contribution in [1.82, 2.24) is 10.2 Å². The van der Waals surface area contributed by atoms with Crippen LogP contribution in [0.5, 0.6) is 0 Å². The second-order valence-electron chi connectivity index (χ2n) is 7.00. The first-order valence-electron chi connectivity index (χ1n) is 7.67. The van der Waals surface area contributed by atoms with Crippen molar-refractivity contribution in [2.45, 2.75) is 44.9 Å². The largest absolute Gasteiger partial charge is 0.480 e. The fraction of sp³-hybridized carbons (Fsp3) is 0.529. The van der Waals surface area contributed by atoms with Gasteiger partial charge in [0.2, 0.25) is 0 Å². The number of carbonyl (C=O) groups is 2. The number of carbonyl (C=O) groups excluding carboxylic acids is 1. The molecule has 0 aliphatic carbocycles.